The quantitative estimate of drug-likeness (QED) is 0.423. The number of nitrogens with one attached hydrogen (secondary N) is 1. The standard InChI is InChI=1S/C19H20Br2N2O5/c1-11-5-13(20)18(14(21)6-11)28-10-17(24)23-22-9-12-7-15(25-2)19(27-4)16(8-12)26-3/h5-9H,10H2,1-4H3,(H,23,24). The van der Waals surface area contributed by atoms with Gasteiger partial charge in [0.05, 0.1) is 36.5 Å². The Kier molecular flexibility index (Phi) is 8.13. The van der Waals surface area contributed by atoms with Crippen LogP contribution >= 0.6 is 31.9 Å². The molecule has 0 heterocycles. The van der Waals surface area contributed by atoms with Gasteiger partial charge in [0.15, 0.2) is 18.1 Å². The molecule has 0 fully saturated rings. The predicted molar refractivity (Wildman–Crippen MR) is 114 cm³/mol. The molecule has 150 valence electrons. The molecule has 28 heavy (non-hydrogen) atoms. The maximum absolute atomic E-state index is 12.0. The summed E-state index contributed by atoms with van der Waals surface area (Å²) in [7, 11) is 4.58. The second kappa shape index (κ2) is 10.3. The Morgan fingerprint density at radius 3 is 2.07 bits per heavy atom. The van der Waals surface area contributed by atoms with Crippen LogP contribution in [0.15, 0.2) is 38.3 Å². The fourth-order valence-electron chi connectivity index (χ4n) is 2.35. The third-order valence-electron chi connectivity index (χ3n) is 3.58. The predicted octanol–water partition coefficient (Wildman–Crippen LogP) is 4.07. The number of hydrazone groups is 1. The number of halogens is 2. The van der Waals surface area contributed by atoms with Gasteiger partial charge in [-0.1, -0.05) is 0 Å². The van der Waals surface area contributed by atoms with Crippen molar-refractivity contribution in [2.24, 2.45) is 5.10 Å². The van der Waals surface area contributed by atoms with Gasteiger partial charge in [0.2, 0.25) is 5.75 Å². The van der Waals surface area contributed by atoms with Gasteiger partial charge in [-0.05, 0) is 68.6 Å². The highest BCUT2D eigenvalue weighted by Gasteiger charge is 2.13. The van der Waals surface area contributed by atoms with Gasteiger partial charge in [-0.3, -0.25) is 4.79 Å². The second-order valence-corrected chi connectivity index (χ2v) is 7.31. The van der Waals surface area contributed by atoms with Crippen LogP contribution in [0.1, 0.15) is 11.1 Å². The first-order valence-electron chi connectivity index (χ1n) is 8.10. The van der Waals surface area contributed by atoms with Gasteiger partial charge in [0.1, 0.15) is 5.75 Å². The molecular weight excluding hydrogens is 496 g/mol. The van der Waals surface area contributed by atoms with Gasteiger partial charge >= 0.3 is 0 Å². The van der Waals surface area contributed by atoms with Crippen molar-refractivity contribution in [2.75, 3.05) is 27.9 Å². The van der Waals surface area contributed by atoms with Crippen molar-refractivity contribution >= 4 is 44.0 Å². The van der Waals surface area contributed by atoms with Gasteiger partial charge in [-0.15, -0.1) is 0 Å². The number of hydrogen-bond acceptors (Lipinski definition) is 6. The molecule has 0 aromatic heterocycles. The first-order valence-corrected chi connectivity index (χ1v) is 9.68. The van der Waals surface area contributed by atoms with Crippen molar-refractivity contribution in [1.82, 2.24) is 5.43 Å². The third kappa shape index (κ3) is 5.62. The minimum Gasteiger partial charge on any atom is -0.493 e. The fourth-order valence-corrected chi connectivity index (χ4v) is 3.99. The van der Waals surface area contributed by atoms with E-state index in [1.807, 2.05) is 19.1 Å². The maximum Gasteiger partial charge on any atom is 0.277 e. The molecule has 0 saturated carbocycles. The van der Waals surface area contributed by atoms with Crippen molar-refractivity contribution in [2.45, 2.75) is 6.92 Å². The summed E-state index contributed by atoms with van der Waals surface area (Å²) in [4.78, 5) is 12.0. The molecule has 9 heteroatoms. The Morgan fingerprint density at radius 2 is 1.57 bits per heavy atom. The average molecular weight is 516 g/mol. The molecule has 2 aromatic rings. The molecule has 1 amide bonds. The molecule has 1 N–H and O–H groups in total. The number of methoxy groups -OCH3 is 3. The van der Waals surface area contributed by atoms with E-state index in [0.717, 1.165) is 14.5 Å². The highest BCUT2D eigenvalue weighted by Crippen LogP contribution is 2.37. The molecule has 7 nitrogen and oxygen atoms in total. The minimum absolute atomic E-state index is 0.188. The van der Waals surface area contributed by atoms with Crippen LogP contribution in [0.25, 0.3) is 0 Å². The lowest BCUT2D eigenvalue weighted by atomic mass is 10.2. The Hall–Kier alpha value is -2.26. The van der Waals surface area contributed by atoms with Crippen molar-refractivity contribution in [1.29, 1.82) is 0 Å². The van der Waals surface area contributed by atoms with Crippen LogP contribution in [0.2, 0.25) is 0 Å². The number of amides is 1. The first kappa shape index (κ1) is 22.0. The first-order chi connectivity index (χ1) is 13.4. The summed E-state index contributed by atoms with van der Waals surface area (Å²) in [5, 5.41) is 3.94. The molecule has 2 aromatic carbocycles. The van der Waals surface area contributed by atoms with E-state index in [9.17, 15) is 4.79 Å². The van der Waals surface area contributed by atoms with Crippen molar-refractivity contribution in [3.05, 3.63) is 44.3 Å². The molecule has 0 aliphatic carbocycles. The second-order valence-electron chi connectivity index (χ2n) is 5.60. The SMILES string of the molecule is COc1cc(C=NNC(=O)COc2c(Br)cc(C)cc2Br)cc(OC)c1OC. The number of carbonyl (C=O) groups is 1. The fraction of sp³-hybridized carbons (Fsp3) is 0.263. The van der Waals surface area contributed by atoms with Crippen LogP contribution in [0.5, 0.6) is 23.0 Å². The van der Waals surface area contributed by atoms with Crippen molar-refractivity contribution in [3.8, 4) is 23.0 Å². The lowest BCUT2D eigenvalue weighted by Gasteiger charge is -2.12. The molecular formula is C19H20Br2N2O5. The van der Waals surface area contributed by atoms with E-state index < -0.39 is 5.91 Å². The van der Waals surface area contributed by atoms with E-state index in [1.54, 1.807) is 12.1 Å². The van der Waals surface area contributed by atoms with E-state index >= 15 is 0 Å². The molecule has 0 radical (unpaired) electrons. The Labute approximate surface area is 180 Å². The van der Waals surface area contributed by atoms with Crippen molar-refractivity contribution in [3.63, 3.8) is 0 Å². The van der Waals surface area contributed by atoms with Crippen LogP contribution in [0.4, 0.5) is 0 Å². The molecule has 0 saturated heterocycles. The Bertz CT molecular complexity index is 839. The summed E-state index contributed by atoms with van der Waals surface area (Å²) in [5.41, 5.74) is 4.14. The number of nitrogens with zero attached hydrogens (tertiary/aromatic N) is 1. The molecule has 0 aliphatic rings. The maximum atomic E-state index is 12.0. The largest absolute Gasteiger partial charge is 0.493 e. The Morgan fingerprint density at radius 1 is 1.00 bits per heavy atom. The average Bonchev–Trinajstić information content (AvgIpc) is 2.66. The Balaban J connectivity index is 2.00. The highest BCUT2D eigenvalue weighted by atomic mass is 79.9. The summed E-state index contributed by atoms with van der Waals surface area (Å²) in [6, 6.07) is 7.24. The summed E-state index contributed by atoms with van der Waals surface area (Å²) in [5.74, 6) is 1.62. The van der Waals surface area contributed by atoms with E-state index in [0.29, 0.717) is 28.6 Å². The molecule has 0 unspecified atom stereocenters. The molecule has 0 bridgehead atoms. The zero-order chi connectivity index (χ0) is 20.7. The van der Waals surface area contributed by atoms with Crippen LogP contribution in [0.3, 0.4) is 0 Å². The highest BCUT2D eigenvalue weighted by molar-refractivity contribution is 9.11. The van der Waals surface area contributed by atoms with Gasteiger partial charge in [-0.2, -0.15) is 5.10 Å². The van der Waals surface area contributed by atoms with Crippen LogP contribution in [-0.4, -0.2) is 40.1 Å². The lowest BCUT2D eigenvalue weighted by Crippen LogP contribution is -2.24. The van der Waals surface area contributed by atoms with Gasteiger partial charge < -0.3 is 18.9 Å². The monoisotopic (exact) mass is 514 g/mol. The summed E-state index contributed by atoms with van der Waals surface area (Å²) in [6.07, 6.45) is 1.47. The zero-order valence-corrected chi connectivity index (χ0v) is 19.0. The van der Waals surface area contributed by atoms with Crippen LogP contribution in [-0.2, 0) is 4.79 Å². The summed E-state index contributed by atoms with van der Waals surface area (Å²) < 4.78 is 22.9. The lowest BCUT2D eigenvalue weighted by molar-refractivity contribution is -0.123. The molecule has 0 atom stereocenters. The van der Waals surface area contributed by atoms with Crippen LogP contribution in [0, 0.1) is 6.92 Å². The van der Waals surface area contributed by atoms with Gasteiger partial charge in [-0.25, -0.2) is 5.43 Å². The normalized spacial score (nSPS) is 10.6. The van der Waals surface area contributed by atoms with E-state index in [2.05, 4.69) is 42.4 Å². The zero-order valence-electron chi connectivity index (χ0n) is 15.8. The summed E-state index contributed by atoms with van der Waals surface area (Å²) >= 11 is 6.84. The number of aryl methyl sites for hydroxylation is 1. The van der Waals surface area contributed by atoms with Crippen LogP contribution < -0.4 is 24.4 Å². The molecule has 0 spiro atoms. The van der Waals surface area contributed by atoms with E-state index in [1.165, 1.54) is 27.5 Å². The van der Waals surface area contributed by atoms with Crippen molar-refractivity contribution < 1.29 is 23.7 Å². The number of ether oxygens (including phenoxy) is 4. The molecule has 2 rings (SSSR count). The number of rotatable bonds is 8. The summed E-state index contributed by atoms with van der Waals surface area (Å²) in [6.45, 7) is 1.77. The smallest absolute Gasteiger partial charge is 0.277 e. The van der Waals surface area contributed by atoms with Gasteiger partial charge in [0, 0.05) is 5.56 Å². The number of carbonyl (C=O) groups excluding carboxylic acids is 1. The minimum atomic E-state index is -0.400. The number of benzene rings is 2. The van der Waals surface area contributed by atoms with E-state index in [4.69, 9.17) is 18.9 Å². The van der Waals surface area contributed by atoms with E-state index in [-0.39, 0.29) is 6.61 Å². The number of hydrogen-bond donors (Lipinski definition) is 1. The van der Waals surface area contributed by atoms with Gasteiger partial charge in [0.25, 0.3) is 5.91 Å². The third-order valence-corrected chi connectivity index (χ3v) is 4.76. The molecule has 0 aliphatic heterocycles. The topological polar surface area (TPSA) is 78.4 Å².